The van der Waals surface area contributed by atoms with Crippen molar-refractivity contribution in [3.63, 3.8) is 0 Å². The van der Waals surface area contributed by atoms with Gasteiger partial charge in [0.05, 0.1) is 12.8 Å². The molecule has 0 bridgehead atoms. The number of ether oxygens (including phenoxy) is 1. The predicted molar refractivity (Wildman–Crippen MR) is 248 cm³/mol. The molecule has 58 heavy (non-hydrogen) atoms. The lowest BCUT2D eigenvalue weighted by atomic mass is 9.97. The van der Waals surface area contributed by atoms with Crippen molar-refractivity contribution in [2.75, 3.05) is 16.9 Å². The molecule has 0 saturated carbocycles. The van der Waals surface area contributed by atoms with Crippen molar-refractivity contribution in [3.8, 4) is 5.75 Å². The second kappa shape index (κ2) is 17.6. The summed E-state index contributed by atoms with van der Waals surface area (Å²) in [6, 6.07) is 68.7. The summed E-state index contributed by atoms with van der Waals surface area (Å²) in [5.74, 6) is 0.819. The van der Waals surface area contributed by atoms with Crippen LogP contribution in [0.4, 0.5) is 28.4 Å². The number of hydrogen-bond acceptors (Lipinski definition) is 3. The highest BCUT2D eigenvalue weighted by molar-refractivity contribution is 6.02. The first-order valence-corrected chi connectivity index (χ1v) is 19.7. The molecule has 8 rings (SSSR count). The Morgan fingerprint density at radius 2 is 0.931 bits per heavy atom. The average Bonchev–Trinajstić information content (AvgIpc) is 3.28. The zero-order valence-electron chi connectivity index (χ0n) is 33.2. The van der Waals surface area contributed by atoms with Gasteiger partial charge >= 0.3 is 0 Å². The van der Waals surface area contributed by atoms with E-state index in [-0.39, 0.29) is 0 Å². The van der Waals surface area contributed by atoms with E-state index in [9.17, 15) is 0 Å². The predicted octanol–water partition coefficient (Wildman–Crippen LogP) is 14.9. The maximum Gasteiger partial charge on any atom is 0.119 e. The molecule has 282 valence electrons. The van der Waals surface area contributed by atoms with Gasteiger partial charge in [-0.05, 0) is 108 Å². The van der Waals surface area contributed by atoms with Crippen LogP contribution in [0.25, 0.3) is 28.5 Å². The topological polar surface area (TPSA) is 15.7 Å². The number of allylic oxidation sites excluding steroid dienone is 2. The highest BCUT2D eigenvalue weighted by Crippen LogP contribution is 2.38. The van der Waals surface area contributed by atoms with Crippen molar-refractivity contribution in [1.29, 1.82) is 0 Å². The Bertz CT molecular complexity index is 2590. The Morgan fingerprint density at radius 1 is 0.448 bits per heavy atom. The first-order valence-electron chi connectivity index (χ1n) is 19.7. The van der Waals surface area contributed by atoms with Crippen LogP contribution in [-0.4, -0.2) is 7.11 Å². The first-order chi connectivity index (χ1) is 28.5. The number of nitrogens with zero attached hydrogens (tertiary/aromatic N) is 2. The van der Waals surface area contributed by atoms with Crippen molar-refractivity contribution in [3.05, 3.63) is 246 Å². The normalized spacial score (nSPS) is 11.2. The molecule has 0 unspecified atom stereocenters. The molecule has 3 heteroatoms. The molecule has 3 nitrogen and oxygen atoms in total. The smallest absolute Gasteiger partial charge is 0.119 e. The Kier molecular flexibility index (Phi) is 11.4. The van der Waals surface area contributed by atoms with Gasteiger partial charge in [0.2, 0.25) is 0 Å². The van der Waals surface area contributed by atoms with Gasteiger partial charge in [-0.15, -0.1) is 0 Å². The van der Waals surface area contributed by atoms with Gasteiger partial charge in [0.25, 0.3) is 0 Å². The van der Waals surface area contributed by atoms with Gasteiger partial charge in [0, 0.05) is 39.9 Å². The summed E-state index contributed by atoms with van der Waals surface area (Å²) in [6.45, 7) is 4.25. The largest absolute Gasteiger partial charge is 0.497 e. The fraction of sp³-hybridized carbons (Fsp3) is 0.0545. The Morgan fingerprint density at radius 3 is 1.48 bits per heavy atom. The first kappa shape index (κ1) is 37.6. The highest BCUT2D eigenvalue weighted by Gasteiger charge is 2.16. The van der Waals surface area contributed by atoms with Crippen molar-refractivity contribution >= 4 is 56.9 Å². The van der Waals surface area contributed by atoms with Crippen LogP contribution in [-0.2, 0) is 0 Å². The summed E-state index contributed by atoms with van der Waals surface area (Å²) in [5, 5.41) is 2.33. The molecular formula is C55H46N2O. The van der Waals surface area contributed by atoms with Gasteiger partial charge in [-0.3, -0.25) is 0 Å². The van der Waals surface area contributed by atoms with Gasteiger partial charge in [0.15, 0.2) is 0 Å². The number of fused-ring (bicyclic) bond motifs is 1. The van der Waals surface area contributed by atoms with Crippen LogP contribution in [0.3, 0.4) is 0 Å². The summed E-state index contributed by atoms with van der Waals surface area (Å²) < 4.78 is 5.54. The zero-order valence-corrected chi connectivity index (χ0v) is 33.2. The summed E-state index contributed by atoms with van der Waals surface area (Å²) in [4.78, 5) is 4.60. The number of anilines is 5. The van der Waals surface area contributed by atoms with Gasteiger partial charge < -0.3 is 14.5 Å². The summed E-state index contributed by atoms with van der Waals surface area (Å²) in [7, 11) is 1.70. The Hall–Kier alpha value is -7.36. The minimum absolute atomic E-state index is 0.819. The van der Waals surface area contributed by atoms with Crippen LogP contribution in [0.1, 0.15) is 33.4 Å². The lowest BCUT2D eigenvalue weighted by molar-refractivity contribution is 0.415. The third-order valence-corrected chi connectivity index (χ3v) is 10.4. The number of rotatable bonds is 12. The lowest BCUT2D eigenvalue weighted by Crippen LogP contribution is -2.11. The number of hydrogen-bond donors (Lipinski definition) is 0. The number of aryl methyl sites for hydroxylation is 2. The van der Waals surface area contributed by atoms with Crippen molar-refractivity contribution < 1.29 is 4.74 Å². The zero-order chi connectivity index (χ0) is 39.7. The number of methoxy groups -OCH3 is 1. The average molecular weight is 751 g/mol. The Labute approximate surface area is 342 Å². The van der Waals surface area contributed by atoms with E-state index in [4.69, 9.17) is 4.74 Å². The van der Waals surface area contributed by atoms with Crippen molar-refractivity contribution in [2.45, 2.75) is 13.8 Å². The van der Waals surface area contributed by atoms with Gasteiger partial charge in [0.1, 0.15) is 5.75 Å². The van der Waals surface area contributed by atoms with E-state index < -0.39 is 0 Å². The van der Waals surface area contributed by atoms with E-state index in [0.717, 1.165) is 67.4 Å². The molecular weight excluding hydrogens is 705 g/mol. The summed E-state index contributed by atoms with van der Waals surface area (Å²) in [5.41, 5.74) is 13.7. The van der Waals surface area contributed by atoms with E-state index in [2.05, 4.69) is 236 Å². The molecule has 0 N–H and O–H groups in total. The fourth-order valence-electron chi connectivity index (χ4n) is 7.26. The minimum Gasteiger partial charge on any atom is -0.497 e. The van der Waals surface area contributed by atoms with E-state index >= 15 is 0 Å². The van der Waals surface area contributed by atoms with Crippen LogP contribution in [0.15, 0.2) is 212 Å². The lowest BCUT2D eigenvalue weighted by Gasteiger charge is -2.25. The molecule has 0 aromatic heterocycles. The van der Waals surface area contributed by atoms with E-state index in [0.29, 0.717) is 0 Å². The Balaban J connectivity index is 1.11. The van der Waals surface area contributed by atoms with Gasteiger partial charge in [-0.1, -0.05) is 163 Å². The summed E-state index contributed by atoms with van der Waals surface area (Å²) >= 11 is 0. The molecule has 8 aromatic carbocycles. The molecule has 0 saturated heterocycles. The van der Waals surface area contributed by atoms with Crippen LogP contribution in [0.5, 0.6) is 5.75 Å². The third-order valence-electron chi connectivity index (χ3n) is 10.4. The molecule has 8 aromatic rings. The fourth-order valence-corrected chi connectivity index (χ4v) is 7.26. The second-order valence-corrected chi connectivity index (χ2v) is 14.4. The van der Waals surface area contributed by atoms with Crippen LogP contribution >= 0.6 is 0 Å². The quantitative estimate of drug-likeness (QED) is 0.116. The van der Waals surface area contributed by atoms with E-state index in [1.807, 2.05) is 12.1 Å². The molecule has 0 atom stereocenters. The molecule has 0 aliphatic rings. The second-order valence-electron chi connectivity index (χ2n) is 14.4. The monoisotopic (exact) mass is 750 g/mol. The molecule has 0 heterocycles. The highest BCUT2D eigenvalue weighted by atomic mass is 16.5. The standard InChI is InChI=1S/C55H46N2O/c1-41-22-29-48(30-23-41)57(49-31-24-42(2)25-32-49)50-33-26-43(27-34-50)14-10-11-19-46-28-39-55(53-21-13-12-20-52(46)53)56(47-35-37-51(58-3)38-36-47)40-54(44-15-6-4-7-16-44)45-17-8-5-9-18-45/h4-40H,1-3H3/b14-10+,19-11+. The molecule has 0 amide bonds. The van der Waals surface area contributed by atoms with Crippen LogP contribution < -0.4 is 14.5 Å². The molecule has 0 radical (unpaired) electrons. The van der Waals surface area contributed by atoms with Crippen LogP contribution in [0, 0.1) is 13.8 Å². The third kappa shape index (κ3) is 8.55. The van der Waals surface area contributed by atoms with E-state index in [1.165, 1.54) is 16.5 Å². The van der Waals surface area contributed by atoms with Crippen molar-refractivity contribution in [2.24, 2.45) is 0 Å². The van der Waals surface area contributed by atoms with Crippen molar-refractivity contribution in [1.82, 2.24) is 0 Å². The number of benzene rings is 8. The molecule has 0 fully saturated rings. The van der Waals surface area contributed by atoms with Gasteiger partial charge in [-0.2, -0.15) is 0 Å². The molecule has 0 aliphatic carbocycles. The minimum atomic E-state index is 0.819. The maximum absolute atomic E-state index is 5.54. The molecule has 0 spiro atoms. The molecule has 0 aliphatic heterocycles. The summed E-state index contributed by atoms with van der Waals surface area (Å²) in [6.07, 6.45) is 10.9. The maximum atomic E-state index is 5.54. The van der Waals surface area contributed by atoms with E-state index in [1.54, 1.807) is 7.11 Å². The van der Waals surface area contributed by atoms with Crippen LogP contribution in [0.2, 0.25) is 0 Å². The SMILES string of the molecule is COc1ccc(N(C=C(c2ccccc2)c2ccccc2)c2ccc(/C=C/C=C/c3ccc(N(c4ccc(C)cc4)c4ccc(C)cc4)cc3)c3ccccc23)cc1. The van der Waals surface area contributed by atoms with Gasteiger partial charge in [-0.25, -0.2) is 0 Å².